The summed E-state index contributed by atoms with van der Waals surface area (Å²) in [7, 11) is 0. The molecule has 27 heavy (non-hydrogen) atoms. The van der Waals surface area contributed by atoms with E-state index in [2.05, 4.69) is 9.97 Å². The van der Waals surface area contributed by atoms with Crippen LogP contribution in [0.25, 0.3) is 11.3 Å². The Morgan fingerprint density at radius 3 is 2.52 bits per heavy atom. The standard InChI is InChI=1S/C22H23N3O2/c1-15-21(24-16(2)23-15)18-8-10-19(11-9-18)22(26)25-12-13-27-20(14-25)17-6-4-3-5-7-17/h3-11,20H,12-14H2,1-2H3,(H,23,24). The number of benzene rings is 2. The number of amides is 1. The van der Waals surface area contributed by atoms with Crippen molar-refractivity contribution in [3.63, 3.8) is 0 Å². The van der Waals surface area contributed by atoms with E-state index in [1.807, 2.05) is 73.3 Å². The minimum atomic E-state index is -0.0714. The van der Waals surface area contributed by atoms with Gasteiger partial charge in [0.15, 0.2) is 0 Å². The van der Waals surface area contributed by atoms with Crippen molar-refractivity contribution in [2.45, 2.75) is 20.0 Å². The van der Waals surface area contributed by atoms with E-state index in [1.54, 1.807) is 0 Å². The highest BCUT2D eigenvalue weighted by Crippen LogP contribution is 2.25. The Labute approximate surface area is 159 Å². The molecule has 3 aromatic rings. The second-order valence-corrected chi connectivity index (χ2v) is 6.89. The number of H-pyrrole nitrogens is 1. The van der Waals surface area contributed by atoms with Gasteiger partial charge in [-0.1, -0.05) is 42.5 Å². The molecule has 2 heterocycles. The first kappa shape index (κ1) is 17.5. The van der Waals surface area contributed by atoms with E-state index in [4.69, 9.17) is 4.74 Å². The largest absolute Gasteiger partial charge is 0.370 e. The number of aryl methyl sites for hydroxylation is 2. The van der Waals surface area contributed by atoms with Gasteiger partial charge >= 0.3 is 0 Å². The maximum atomic E-state index is 12.9. The van der Waals surface area contributed by atoms with Crippen molar-refractivity contribution in [2.75, 3.05) is 19.7 Å². The predicted molar refractivity (Wildman–Crippen MR) is 105 cm³/mol. The summed E-state index contributed by atoms with van der Waals surface area (Å²) in [5, 5.41) is 0. The highest BCUT2D eigenvalue weighted by Gasteiger charge is 2.26. The molecule has 0 aliphatic carbocycles. The quantitative estimate of drug-likeness (QED) is 0.769. The smallest absolute Gasteiger partial charge is 0.254 e. The molecule has 1 aliphatic rings. The van der Waals surface area contributed by atoms with Gasteiger partial charge in [-0.3, -0.25) is 4.79 Å². The Hall–Kier alpha value is -2.92. The minimum Gasteiger partial charge on any atom is -0.370 e. The second-order valence-electron chi connectivity index (χ2n) is 6.89. The average molecular weight is 361 g/mol. The molecule has 1 unspecified atom stereocenters. The number of rotatable bonds is 3. The zero-order valence-electron chi connectivity index (χ0n) is 15.6. The number of hydrogen-bond acceptors (Lipinski definition) is 3. The van der Waals surface area contributed by atoms with Crippen LogP contribution in [-0.2, 0) is 4.74 Å². The highest BCUT2D eigenvalue weighted by molar-refractivity contribution is 5.94. The molecule has 138 valence electrons. The number of carbonyl (C=O) groups is 1. The van der Waals surface area contributed by atoms with Crippen molar-refractivity contribution in [1.82, 2.24) is 14.9 Å². The number of imidazole rings is 1. The van der Waals surface area contributed by atoms with Crippen LogP contribution in [0.5, 0.6) is 0 Å². The molecule has 1 fully saturated rings. The molecule has 1 atom stereocenters. The first-order valence-corrected chi connectivity index (χ1v) is 9.21. The number of morpholine rings is 1. The lowest BCUT2D eigenvalue weighted by molar-refractivity contribution is -0.0228. The maximum Gasteiger partial charge on any atom is 0.254 e. The lowest BCUT2D eigenvalue weighted by atomic mass is 10.1. The molecule has 1 amide bonds. The van der Waals surface area contributed by atoms with Gasteiger partial charge in [0.05, 0.1) is 18.8 Å². The predicted octanol–water partition coefficient (Wildman–Crippen LogP) is 3.91. The fourth-order valence-corrected chi connectivity index (χ4v) is 3.55. The number of nitrogens with one attached hydrogen (secondary N) is 1. The Kier molecular flexibility index (Phi) is 4.77. The second kappa shape index (κ2) is 7.37. The molecule has 0 bridgehead atoms. The van der Waals surface area contributed by atoms with Gasteiger partial charge in [0.25, 0.3) is 5.91 Å². The van der Waals surface area contributed by atoms with Crippen molar-refractivity contribution in [1.29, 1.82) is 0 Å². The summed E-state index contributed by atoms with van der Waals surface area (Å²) in [6.45, 7) is 5.68. The third-order valence-electron chi connectivity index (χ3n) is 4.93. The average Bonchev–Trinajstić information content (AvgIpc) is 3.06. The van der Waals surface area contributed by atoms with E-state index < -0.39 is 0 Å². The number of carbonyl (C=O) groups excluding carboxylic acids is 1. The van der Waals surface area contributed by atoms with Crippen LogP contribution in [-0.4, -0.2) is 40.5 Å². The summed E-state index contributed by atoms with van der Waals surface area (Å²) in [6.07, 6.45) is -0.0714. The van der Waals surface area contributed by atoms with Gasteiger partial charge in [-0.05, 0) is 31.5 Å². The van der Waals surface area contributed by atoms with Gasteiger partial charge in [-0.15, -0.1) is 0 Å². The maximum absolute atomic E-state index is 12.9. The first-order chi connectivity index (χ1) is 13.1. The lowest BCUT2D eigenvalue weighted by Gasteiger charge is -2.33. The van der Waals surface area contributed by atoms with E-state index in [9.17, 15) is 4.79 Å². The zero-order chi connectivity index (χ0) is 18.8. The van der Waals surface area contributed by atoms with Crippen LogP contribution in [0, 0.1) is 13.8 Å². The van der Waals surface area contributed by atoms with Crippen molar-refractivity contribution in [3.05, 3.63) is 77.2 Å². The molecule has 0 radical (unpaired) electrons. The summed E-state index contributed by atoms with van der Waals surface area (Å²) in [5.41, 5.74) is 4.78. The summed E-state index contributed by atoms with van der Waals surface area (Å²) >= 11 is 0. The molecule has 5 nitrogen and oxygen atoms in total. The molecule has 5 heteroatoms. The number of nitrogens with zero attached hydrogens (tertiary/aromatic N) is 2. The van der Waals surface area contributed by atoms with Crippen molar-refractivity contribution < 1.29 is 9.53 Å². The van der Waals surface area contributed by atoms with E-state index in [0.29, 0.717) is 25.3 Å². The number of aromatic amines is 1. The number of ether oxygens (including phenoxy) is 1. The molecule has 2 aromatic carbocycles. The Bertz CT molecular complexity index is 932. The molecule has 0 spiro atoms. The third-order valence-corrected chi connectivity index (χ3v) is 4.93. The van der Waals surface area contributed by atoms with Crippen LogP contribution in [0.4, 0.5) is 0 Å². The molecule has 1 saturated heterocycles. The monoisotopic (exact) mass is 361 g/mol. The highest BCUT2D eigenvalue weighted by atomic mass is 16.5. The van der Waals surface area contributed by atoms with Crippen molar-refractivity contribution >= 4 is 5.91 Å². The van der Waals surface area contributed by atoms with Crippen LogP contribution in [0.1, 0.15) is 33.5 Å². The summed E-state index contributed by atoms with van der Waals surface area (Å²) < 4.78 is 5.87. The van der Waals surface area contributed by atoms with Gasteiger partial charge < -0.3 is 14.6 Å². The molecular formula is C22H23N3O2. The van der Waals surface area contributed by atoms with Gasteiger partial charge in [-0.2, -0.15) is 0 Å². The van der Waals surface area contributed by atoms with Crippen molar-refractivity contribution in [3.8, 4) is 11.3 Å². The van der Waals surface area contributed by atoms with Crippen LogP contribution >= 0.6 is 0 Å². The number of aromatic nitrogens is 2. The van der Waals surface area contributed by atoms with E-state index in [1.165, 1.54) is 0 Å². The molecule has 0 saturated carbocycles. The van der Waals surface area contributed by atoms with Crippen LogP contribution in [0.2, 0.25) is 0 Å². The van der Waals surface area contributed by atoms with Gasteiger partial charge in [0.1, 0.15) is 11.9 Å². The Balaban J connectivity index is 1.50. The Morgan fingerprint density at radius 1 is 1.11 bits per heavy atom. The van der Waals surface area contributed by atoms with Gasteiger partial charge in [-0.25, -0.2) is 4.98 Å². The minimum absolute atomic E-state index is 0.0423. The van der Waals surface area contributed by atoms with E-state index in [-0.39, 0.29) is 12.0 Å². The summed E-state index contributed by atoms with van der Waals surface area (Å²) in [6, 6.07) is 17.8. The van der Waals surface area contributed by atoms with Crippen LogP contribution in [0.3, 0.4) is 0 Å². The molecule has 1 aliphatic heterocycles. The first-order valence-electron chi connectivity index (χ1n) is 9.21. The fourth-order valence-electron chi connectivity index (χ4n) is 3.55. The summed E-state index contributed by atoms with van der Waals surface area (Å²) in [5.74, 6) is 0.934. The fraction of sp³-hybridized carbons (Fsp3) is 0.273. The van der Waals surface area contributed by atoms with Crippen molar-refractivity contribution in [2.24, 2.45) is 0 Å². The molecule has 4 rings (SSSR count). The zero-order valence-corrected chi connectivity index (χ0v) is 15.6. The molecule has 1 aromatic heterocycles. The van der Waals surface area contributed by atoms with Gasteiger partial charge in [0, 0.05) is 23.4 Å². The normalized spacial score (nSPS) is 17.1. The third kappa shape index (κ3) is 3.64. The van der Waals surface area contributed by atoms with E-state index in [0.717, 1.165) is 28.3 Å². The Morgan fingerprint density at radius 2 is 1.85 bits per heavy atom. The van der Waals surface area contributed by atoms with Gasteiger partial charge in [0.2, 0.25) is 0 Å². The topological polar surface area (TPSA) is 58.2 Å². The molecule has 1 N–H and O–H groups in total. The van der Waals surface area contributed by atoms with Crippen LogP contribution < -0.4 is 0 Å². The lowest BCUT2D eigenvalue weighted by Crippen LogP contribution is -2.42. The number of hydrogen-bond donors (Lipinski definition) is 1. The molecular weight excluding hydrogens is 338 g/mol. The summed E-state index contributed by atoms with van der Waals surface area (Å²) in [4.78, 5) is 22.6. The SMILES string of the molecule is Cc1nc(-c2ccc(C(=O)N3CCOC(c4ccccc4)C3)cc2)c(C)[nH]1. The van der Waals surface area contributed by atoms with Crippen LogP contribution in [0.15, 0.2) is 54.6 Å². The van der Waals surface area contributed by atoms with E-state index >= 15 is 0 Å².